The molecule has 6 nitrogen and oxygen atoms in total. The van der Waals surface area contributed by atoms with Crippen LogP contribution in [0, 0.1) is 0 Å². The van der Waals surface area contributed by atoms with Crippen LogP contribution in [-0.4, -0.2) is 22.6 Å². The molecule has 1 amide bonds. The van der Waals surface area contributed by atoms with E-state index >= 15 is 0 Å². The maximum Gasteiger partial charge on any atom is 0.433 e. The third-order valence-corrected chi connectivity index (χ3v) is 5.18. The van der Waals surface area contributed by atoms with E-state index in [0.717, 1.165) is 11.0 Å². The lowest BCUT2D eigenvalue weighted by molar-refractivity contribution is -0.141. The molecule has 1 aromatic heterocycles. The van der Waals surface area contributed by atoms with Crippen LogP contribution in [0.15, 0.2) is 35.1 Å². The lowest BCUT2D eigenvalue weighted by atomic mass is 9.76. The van der Waals surface area contributed by atoms with E-state index in [0.29, 0.717) is 30.2 Å². The number of fused-ring (bicyclic) bond motifs is 2. The molecule has 142 valence electrons. The van der Waals surface area contributed by atoms with Crippen molar-refractivity contribution < 1.29 is 22.7 Å². The number of halogens is 3. The van der Waals surface area contributed by atoms with Gasteiger partial charge in [0.15, 0.2) is 5.69 Å². The van der Waals surface area contributed by atoms with Crippen LogP contribution in [0.1, 0.15) is 30.5 Å². The van der Waals surface area contributed by atoms with Crippen LogP contribution in [0.3, 0.4) is 0 Å². The number of alkyl halides is 3. The van der Waals surface area contributed by atoms with Gasteiger partial charge in [0, 0.05) is 6.07 Å². The van der Waals surface area contributed by atoms with Crippen molar-refractivity contribution >= 4 is 11.9 Å². The molecular weight excluding hydrogens is 363 g/mol. The van der Waals surface area contributed by atoms with Gasteiger partial charge in [-0.05, 0) is 37.0 Å². The van der Waals surface area contributed by atoms with E-state index in [9.17, 15) is 22.8 Å². The van der Waals surface area contributed by atoms with E-state index in [2.05, 4.69) is 4.98 Å². The number of anilines is 1. The summed E-state index contributed by atoms with van der Waals surface area (Å²) in [7, 11) is 1.52. The average Bonchev–Trinajstić information content (AvgIpc) is 2.84. The Morgan fingerprint density at radius 1 is 1.19 bits per heavy atom. The minimum Gasteiger partial charge on any atom is -0.497 e. The molecule has 2 aliphatic rings. The van der Waals surface area contributed by atoms with Crippen LogP contribution < -0.4 is 15.2 Å². The summed E-state index contributed by atoms with van der Waals surface area (Å²) in [5.74, 6) is -0.0000930. The maximum absolute atomic E-state index is 13.1. The van der Waals surface area contributed by atoms with Crippen molar-refractivity contribution in [1.82, 2.24) is 9.55 Å². The summed E-state index contributed by atoms with van der Waals surface area (Å²) < 4.78 is 45.6. The van der Waals surface area contributed by atoms with E-state index in [-0.39, 0.29) is 18.4 Å². The van der Waals surface area contributed by atoms with Crippen LogP contribution in [-0.2, 0) is 23.1 Å². The van der Waals surface area contributed by atoms with Gasteiger partial charge in [-0.2, -0.15) is 13.2 Å². The molecule has 0 N–H and O–H groups in total. The fourth-order valence-corrected chi connectivity index (χ4v) is 3.64. The number of benzene rings is 1. The van der Waals surface area contributed by atoms with E-state index < -0.39 is 23.0 Å². The second-order valence-corrected chi connectivity index (χ2v) is 6.74. The number of hydrogen-bond donors (Lipinski definition) is 0. The Hall–Kier alpha value is -2.84. The van der Waals surface area contributed by atoms with Crippen LogP contribution in [0.5, 0.6) is 5.75 Å². The van der Waals surface area contributed by atoms with E-state index in [4.69, 9.17) is 4.74 Å². The molecule has 0 saturated heterocycles. The Kier molecular flexibility index (Phi) is 3.79. The zero-order valence-corrected chi connectivity index (χ0v) is 14.4. The minimum atomic E-state index is -4.76. The second kappa shape index (κ2) is 5.83. The highest BCUT2D eigenvalue weighted by atomic mass is 19.4. The highest BCUT2D eigenvalue weighted by Gasteiger charge is 2.56. The standard InChI is InChI=1S/C18H16F3N3O3/c1-27-12-5-3-11(4-6-12)10-23-15(26)17(7-2-8-17)24-14(25)9-13(18(19,20)21)22-16(23)24/h3-6,9H,2,7-8,10H2,1H3. The monoisotopic (exact) mass is 379 g/mol. The summed E-state index contributed by atoms with van der Waals surface area (Å²) in [5.41, 5.74) is -2.55. The van der Waals surface area contributed by atoms with Gasteiger partial charge in [-0.25, -0.2) is 4.98 Å². The van der Waals surface area contributed by atoms with Crippen molar-refractivity contribution in [2.75, 3.05) is 12.0 Å². The molecule has 27 heavy (non-hydrogen) atoms. The first-order valence-electron chi connectivity index (χ1n) is 8.43. The summed E-state index contributed by atoms with van der Waals surface area (Å²) in [6, 6.07) is 7.29. The number of carbonyl (C=O) groups is 1. The molecule has 0 atom stereocenters. The topological polar surface area (TPSA) is 64.4 Å². The fraction of sp³-hybridized carbons (Fsp3) is 0.389. The van der Waals surface area contributed by atoms with Crippen molar-refractivity contribution in [1.29, 1.82) is 0 Å². The molecule has 0 bridgehead atoms. The molecular formula is C18H16F3N3O3. The van der Waals surface area contributed by atoms with E-state index in [1.54, 1.807) is 24.3 Å². The summed E-state index contributed by atoms with van der Waals surface area (Å²) in [5, 5.41) is 0. The third kappa shape index (κ3) is 2.60. The summed E-state index contributed by atoms with van der Waals surface area (Å²) in [6.07, 6.45) is -3.19. The molecule has 0 radical (unpaired) electrons. The maximum atomic E-state index is 13.1. The average molecular weight is 379 g/mol. The van der Waals surface area contributed by atoms with Gasteiger partial charge in [0.1, 0.15) is 11.3 Å². The first-order chi connectivity index (χ1) is 12.8. The Bertz CT molecular complexity index is 963. The number of rotatable bonds is 3. The van der Waals surface area contributed by atoms with E-state index in [1.807, 2.05) is 0 Å². The molecule has 2 heterocycles. The minimum absolute atomic E-state index is 0.0261. The second-order valence-electron chi connectivity index (χ2n) is 6.74. The molecule has 1 spiro atoms. The molecule has 1 fully saturated rings. The van der Waals surface area contributed by atoms with E-state index in [1.165, 1.54) is 12.0 Å². The van der Waals surface area contributed by atoms with Crippen LogP contribution in [0.4, 0.5) is 19.1 Å². The Labute approximate surface area is 152 Å². The van der Waals surface area contributed by atoms with Gasteiger partial charge < -0.3 is 4.74 Å². The first kappa shape index (κ1) is 17.6. The molecule has 1 saturated carbocycles. The Morgan fingerprint density at radius 3 is 2.37 bits per heavy atom. The zero-order chi connectivity index (χ0) is 19.4. The van der Waals surface area contributed by atoms with Crippen molar-refractivity contribution in [2.24, 2.45) is 0 Å². The van der Waals surface area contributed by atoms with Gasteiger partial charge in [0.25, 0.3) is 11.5 Å². The number of methoxy groups -OCH3 is 1. The normalized spacial score (nSPS) is 17.8. The largest absolute Gasteiger partial charge is 0.497 e. The number of amides is 1. The van der Waals surface area contributed by atoms with Crippen molar-refractivity contribution in [3.63, 3.8) is 0 Å². The first-order valence-corrected chi connectivity index (χ1v) is 8.43. The quantitative estimate of drug-likeness (QED) is 0.823. The van der Waals surface area contributed by atoms with Gasteiger partial charge >= 0.3 is 6.18 Å². The van der Waals surface area contributed by atoms with Crippen LogP contribution >= 0.6 is 0 Å². The Balaban J connectivity index is 1.80. The fourth-order valence-electron chi connectivity index (χ4n) is 3.64. The van der Waals surface area contributed by atoms with Crippen molar-refractivity contribution in [3.8, 4) is 5.75 Å². The lowest BCUT2D eigenvalue weighted by Crippen LogP contribution is -2.50. The van der Waals surface area contributed by atoms with Crippen molar-refractivity contribution in [2.45, 2.75) is 37.5 Å². The van der Waals surface area contributed by atoms with Gasteiger partial charge in [-0.3, -0.25) is 19.1 Å². The van der Waals surface area contributed by atoms with Gasteiger partial charge in [-0.15, -0.1) is 0 Å². The highest BCUT2D eigenvalue weighted by Crippen LogP contribution is 2.47. The van der Waals surface area contributed by atoms with Crippen LogP contribution in [0.2, 0.25) is 0 Å². The zero-order valence-electron chi connectivity index (χ0n) is 14.4. The SMILES string of the molecule is COc1ccc(CN2C(=O)C3(CCC3)n3c2nc(C(F)(F)F)cc3=O)cc1. The Morgan fingerprint density at radius 2 is 1.85 bits per heavy atom. The molecule has 1 aliphatic carbocycles. The van der Waals surface area contributed by atoms with Gasteiger partial charge in [-0.1, -0.05) is 12.1 Å². The van der Waals surface area contributed by atoms with Gasteiger partial charge in [0.2, 0.25) is 5.95 Å². The van der Waals surface area contributed by atoms with Crippen molar-refractivity contribution in [3.05, 3.63) is 51.9 Å². The number of ether oxygens (including phenoxy) is 1. The number of nitrogens with zero attached hydrogens (tertiary/aromatic N) is 3. The predicted octanol–water partition coefficient (Wildman–Crippen LogP) is 2.70. The molecule has 1 aromatic carbocycles. The smallest absolute Gasteiger partial charge is 0.433 e. The number of hydrogen-bond acceptors (Lipinski definition) is 4. The number of carbonyl (C=O) groups excluding carboxylic acids is 1. The molecule has 1 aliphatic heterocycles. The third-order valence-electron chi connectivity index (χ3n) is 5.18. The summed E-state index contributed by atoms with van der Waals surface area (Å²) >= 11 is 0. The molecule has 9 heteroatoms. The molecule has 2 aromatic rings. The molecule has 4 rings (SSSR count). The highest BCUT2D eigenvalue weighted by molar-refractivity contribution is 6.02. The van der Waals surface area contributed by atoms with Gasteiger partial charge in [0.05, 0.1) is 13.7 Å². The number of aromatic nitrogens is 2. The van der Waals surface area contributed by atoms with Crippen LogP contribution in [0.25, 0.3) is 0 Å². The summed E-state index contributed by atoms with van der Waals surface area (Å²) in [6.45, 7) is 0.0261. The lowest BCUT2D eigenvalue weighted by Gasteiger charge is -2.37. The molecule has 0 unspecified atom stereocenters. The predicted molar refractivity (Wildman–Crippen MR) is 89.5 cm³/mol. The summed E-state index contributed by atoms with van der Waals surface area (Å²) in [4.78, 5) is 30.3.